The van der Waals surface area contributed by atoms with Gasteiger partial charge in [-0.2, -0.15) is 0 Å². The Labute approximate surface area is 66.7 Å². The lowest BCUT2D eigenvalue weighted by atomic mass is 10.1. The molecule has 0 aliphatic carbocycles. The summed E-state index contributed by atoms with van der Waals surface area (Å²) >= 11 is 0. The number of ketones is 2. The van der Waals surface area contributed by atoms with E-state index in [0.717, 1.165) is 0 Å². The van der Waals surface area contributed by atoms with Gasteiger partial charge in [0.1, 0.15) is 6.10 Å². The monoisotopic (exact) mass is 174 g/mol. The van der Waals surface area contributed by atoms with E-state index in [1.165, 1.54) is 0 Å². The molecular weight excluding hydrogens is 168 g/mol. The maximum Gasteiger partial charge on any atom is 0.383 e. The van der Waals surface area contributed by atoms with Crippen LogP contribution < -0.4 is 0 Å². The number of cyclic esters (lactones) is 1. The lowest BCUT2D eigenvalue weighted by Crippen LogP contribution is -2.35. The van der Waals surface area contributed by atoms with E-state index in [0.29, 0.717) is 0 Å². The minimum absolute atomic E-state index is 0.739. The number of aliphatic hydroxyl groups excluding tert-OH is 2. The highest BCUT2D eigenvalue weighted by atomic mass is 16.6. The van der Waals surface area contributed by atoms with Gasteiger partial charge in [-0.05, 0) is 0 Å². The highest BCUT2D eigenvalue weighted by Crippen LogP contribution is 2.10. The number of aliphatic hydroxyl groups is 2. The van der Waals surface area contributed by atoms with Crippen LogP contribution in [0.1, 0.15) is 0 Å². The van der Waals surface area contributed by atoms with Crippen LogP contribution >= 0.6 is 0 Å². The van der Waals surface area contributed by atoms with Gasteiger partial charge >= 0.3 is 11.8 Å². The van der Waals surface area contributed by atoms with Crippen LogP contribution in [0.4, 0.5) is 0 Å². The minimum atomic E-state index is -1.53. The van der Waals surface area contributed by atoms with Crippen molar-refractivity contribution in [1.29, 1.82) is 0 Å². The van der Waals surface area contributed by atoms with Gasteiger partial charge in [-0.25, -0.2) is 4.79 Å². The van der Waals surface area contributed by atoms with Crippen LogP contribution in [0.5, 0.6) is 0 Å². The SMILES string of the molecule is O=C1O[C@@H]([C@H](O)CO)C(=O)C1=O. The van der Waals surface area contributed by atoms with Crippen LogP contribution in [0.3, 0.4) is 0 Å². The molecule has 2 N–H and O–H groups in total. The third-order valence-electron chi connectivity index (χ3n) is 1.44. The van der Waals surface area contributed by atoms with E-state index in [2.05, 4.69) is 4.74 Å². The maximum absolute atomic E-state index is 10.7. The Kier molecular flexibility index (Phi) is 2.20. The molecule has 0 unspecified atom stereocenters. The first-order chi connectivity index (χ1) is 5.57. The summed E-state index contributed by atoms with van der Waals surface area (Å²) in [5, 5.41) is 17.2. The summed E-state index contributed by atoms with van der Waals surface area (Å²) < 4.78 is 4.19. The molecule has 0 amide bonds. The first-order valence-corrected chi connectivity index (χ1v) is 3.16. The van der Waals surface area contributed by atoms with Gasteiger partial charge in [0.05, 0.1) is 6.61 Å². The molecule has 12 heavy (non-hydrogen) atoms. The van der Waals surface area contributed by atoms with E-state index in [-0.39, 0.29) is 0 Å². The summed E-state index contributed by atoms with van der Waals surface area (Å²) in [6, 6.07) is 0. The molecule has 1 aliphatic heterocycles. The Morgan fingerprint density at radius 3 is 2.33 bits per heavy atom. The van der Waals surface area contributed by atoms with Crippen molar-refractivity contribution in [3.63, 3.8) is 0 Å². The Morgan fingerprint density at radius 1 is 1.42 bits per heavy atom. The van der Waals surface area contributed by atoms with Crippen molar-refractivity contribution in [2.75, 3.05) is 6.61 Å². The number of esters is 1. The van der Waals surface area contributed by atoms with Crippen molar-refractivity contribution < 1.29 is 29.3 Å². The van der Waals surface area contributed by atoms with Gasteiger partial charge in [0.2, 0.25) is 0 Å². The number of hydrogen-bond donors (Lipinski definition) is 2. The molecular formula is C6H6O6. The van der Waals surface area contributed by atoms with Crippen molar-refractivity contribution >= 4 is 17.5 Å². The van der Waals surface area contributed by atoms with Gasteiger partial charge in [0.25, 0.3) is 5.78 Å². The summed E-state index contributed by atoms with van der Waals surface area (Å²) in [5.41, 5.74) is 0. The van der Waals surface area contributed by atoms with Gasteiger partial charge in [-0.1, -0.05) is 0 Å². The lowest BCUT2D eigenvalue weighted by Gasteiger charge is -2.10. The number of ether oxygens (including phenoxy) is 1. The number of Topliss-reactive ketones (excluding diaryl/α,β-unsaturated/α-hetero) is 2. The van der Waals surface area contributed by atoms with Gasteiger partial charge in [-0.3, -0.25) is 9.59 Å². The number of rotatable bonds is 2. The highest BCUT2D eigenvalue weighted by molar-refractivity contribution is 6.65. The summed E-state index contributed by atoms with van der Waals surface area (Å²) in [5.74, 6) is -3.67. The molecule has 6 nitrogen and oxygen atoms in total. The maximum atomic E-state index is 10.7. The molecule has 1 heterocycles. The average Bonchev–Trinajstić information content (AvgIpc) is 2.32. The molecule has 1 rings (SSSR count). The van der Waals surface area contributed by atoms with Crippen LogP contribution in [0.2, 0.25) is 0 Å². The third kappa shape index (κ3) is 1.21. The third-order valence-corrected chi connectivity index (χ3v) is 1.44. The number of carbonyl (C=O) groups is 3. The summed E-state index contributed by atoms with van der Waals surface area (Å²) in [7, 11) is 0. The fourth-order valence-electron chi connectivity index (χ4n) is 0.801. The van der Waals surface area contributed by atoms with E-state index in [1.54, 1.807) is 0 Å². The van der Waals surface area contributed by atoms with Crippen molar-refractivity contribution in [3.8, 4) is 0 Å². The molecule has 1 fully saturated rings. The quantitative estimate of drug-likeness (QED) is 0.351. The van der Waals surface area contributed by atoms with Gasteiger partial charge in [0, 0.05) is 0 Å². The topological polar surface area (TPSA) is 101 Å². The summed E-state index contributed by atoms with van der Waals surface area (Å²) in [4.78, 5) is 31.7. The average molecular weight is 174 g/mol. The van der Waals surface area contributed by atoms with Crippen molar-refractivity contribution in [2.45, 2.75) is 12.2 Å². The van der Waals surface area contributed by atoms with Crippen LogP contribution in [0.25, 0.3) is 0 Å². The van der Waals surface area contributed by atoms with Gasteiger partial charge < -0.3 is 14.9 Å². The van der Waals surface area contributed by atoms with Gasteiger partial charge in [0.15, 0.2) is 6.10 Å². The van der Waals surface area contributed by atoms with Crippen molar-refractivity contribution in [3.05, 3.63) is 0 Å². The van der Waals surface area contributed by atoms with E-state index >= 15 is 0 Å². The van der Waals surface area contributed by atoms with Crippen LogP contribution in [-0.4, -0.2) is 46.6 Å². The summed E-state index contributed by atoms with van der Waals surface area (Å²) in [6.45, 7) is -0.739. The molecule has 0 aromatic rings. The largest absolute Gasteiger partial charge is 0.445 e. The predicted octanol–water partition coefficient (Wildman–Crippen LogP) is -2.60. The Morgan fingerprint density at radius 2 is 2.00 bits per heavy atom. The van der Waals surface area contributed by atoms with Gasteiger partial charge in [-0.15, -0.1) is 0 Å². The second kappa shape index (κ2) is 3.00. The predicted molar refractivity (Wildman–Crippen MR) is 33.0 cm³/mol. The van der Waals surface area contributed by atoms with Crippen LogP contribution in [0.15, 0.2) is 0 Å². The fourth-order valence-corrected chi connectivity index (χ4v) is 0.801. The van der Waals surface area contributed by atoms with Crippen LogP contribution in [0, 0.1) is 0 Å². The Balaban J connectivity index is 2.78. The number of hydrogen-bond acceptors (Lipinski definition) is 6. The fraction of sp³-hybridized carbons (Fsp3) is 0.500. The molecule has 0 radical (unpaired) electrons. The van der Waals surface area contributed by atoms with E-state index in [1.807, 2.05) is 0 Å². The molecule has 0 bridgehead atoms. The lowest BCUT2D eigenvalue weighted by molar-refractivity contribution is -0.152. The zero-order valence-electron chi connectivity index (χ0n) is 5.89. The molecule has 0 saturated carbocycles. The normalized spacial score (nSPS) is 25.8. The highest BCUT2D eigenvalue weighted by Gasteiger charge is 2.45. The molecule has 0 aromatic heterocycles. The molecule has 2 atom stereocenters. The van der Waals surface area contributed by atoms with E-state index in [9.17, 15) is 14.4 Å². The zero-order valence-corrected chi connectivity index (χ0v) is 5.89. The second-order valence-corrected chi connectivity index (χ2v) is 2.27. The Hall–Kier alpha value is -1.27. The Bertz CT molecular complexity index is 244. The molecule has 1 saturated heterocycles. The van der Waals surface area contributed by atoms with Crippen LogP contribution in [-0.2, 0) is 19.1 Å². The smallest absolute Gasteiger partial charge is 0.383 e. The number of carbonyl (C=O) groups excluding carboxylic acids is 3. The second-order valence-electron chi connectivity index (χ2n) is 2.27. The molecule has 66 valence electrons. The van der Waals surface area contributed by atoms with E-state index < -0.39 is 36.4 Å². The summed E-state index contributed by atoms with van der Waals surface area (Å²) in [6.07, 6.45) is -3.05. The standard InChI is InChI=1S/C6H6O6/c7-1-2(8)5-3(9)4(10)6(11)12-5/h2,5,7-8H,1H2/t2-,5+/m1/s1. The molecule has 0 aromatic carbocycles. The minimum Gasteiger partial charge on any atom is -0.445 e. The first kappa shape index (κ1) is 8.82. The zero-order chi connectivity index (χ0) is 9.30. The van der Waals surface area contributed by atoms with Crippen molar-refractivity contribution in [1.82, 2.24) is 0 Å². The first-order valence-electron chi connectivity index (χ1n) is 3.16. The molecule has 6 heteroatoms. The van der Waals surface area contributed by atoms with E-state index in [4.69, 9.17) is 10.2 Å². The molecule has 1 aliphatic rings. The molecule has 0 spiro atoms. The van der Waals surface area contributed by atoms with Crippen molar-refractivity contribution in [2.24, 2.45) is 0 Å².